The molecule has 1 nitrogen and oxygen atoms in total. The fraction of sp³-hybridized carbons (Fsp3) is 0.375. The fourth-order valence-corrected chi connectivity index (χ4v) is 3.54. The SMILES string of the molecule is CNC(c1ccc(C(C)(C)C)s1)c1cccc(F)c1Cl. The number of rotatable bonds is 3. The van der Waals surface area contributed by atoms with Crippen LogP contribution in [0.5, 0.6) is 0 Å². The quantitative estimate of drug-likeness (QED) is 0.827. The predicted octanol–water partition coefficient (Wildman–Crippen LogP) is 5.15. The van der Waals surface area contributed by atoms with Gasteiger partial charge in [-0.05, 0) is 36.2 Å². The molecular weight excluding hydrogens is 293 g/mol. The van der Waals surface area contributed by atoms with Crippen molar-refractivity contribution < 1.29 is 4.39 Å². The largest absolute Gasteiger partial charge is 0.309 e. The highest BCUT2D eigenvalue weighted by Gasteiger charge is 2.22. The van der Waals surface area contributed by atoms with Gasteiger partial charge in [-0.2, -0.15) is 0 Å². The van der Waals surface area contributed by atoms with E-state index in [0.717, 1.165) is 10.4 Å². The second-order valence-corrected chi connectivity index (χ2v) is 7.31. The second kappa shape index (κ2) is 5.84. The summed E-state index contributed by atoms with van der Waals surface area (Å²) >= 11 is 7.84. The molecule has 0 saturated heterocycles. The molecule has 20 heavy (non-hydrogen) atoms. The first-order valence-electron chi connectivity index (χ1n) is 6.56. The molecule has 1 N–H and O–H groups in total. The molecule has 108 valence electrons. The van der Waals surface area contributed by atoms with E-state index in [2.05, 4.69) is 38.2 Å². The van der Waals surface area contributed by atoms with Gasteiger partial charge in [0.1, 0.15) is 5.82 Å². The molecule has 1 atom stereocenters. The van der Waals surface area contributed by atoms with E-state index in [0.29, 0.717) is 0 Å². The number of nitrogens with one attached hydrogen (secondary N) is 1. The zero-order valence-electron chi connectivity index (χ0n) is 12.1. The Balaban J connectivity index is 2.43. The van der Waals surface area contributed by atoms with Gasteiger partial charge in [-0.3, -0.25) is 0 Å². The predicted molar refractivity (Wildman–Crippen MR) is 85.3 cm³/mol. The number of hydrogen-bond acceptors (Lipinski definition) is 2. The average Bonchev–Trinajstić information content (AvgIpc) is 2.85. The normalized spacial score (nSPS) is 13.5. The van der Waals surface area contributed by atoms with E-state index in [4.69, 9.17) is 11.6 Å². The molecule has 0 fully saturated rings. The summed E-state index contributed by atoms with van der Waals surface area (Å²) in [7, 11) is 1.86. The molecule has 2 rings (SSSR count). The van der Waals surface area contributed by atoms with Gasteiger partial charge in [0.05, 0.1) is 11.1 Å². The molecule has 0 amide bonds. The van der Waals surface area contributed by atoms with Gasteiger partial charge >= 0.3 is 0 Å². The van der Waals surface area contributed by atoms with E-state index in [9.17, 15) is 4.39 Å². The van der Waals surface area contributed by atoms with Gasteiger partial charge in [0.15, 0.2) is 0 Å². The van der Waals surface area contributed by atoms with E-state index in [-0.39, 0.29) is 22.3 Å². The van der Waals surface area contributed by atoms with Crippen molar-refractivity contribution in [2.24, 2.45) is 0 Å². The highest BCUT2D eigenvalue weighted by Crippen LogP contribution is 2.36. The molecular formula is C16H19ClFNS. The first-order chi connectivity index (χ1) is 9.34. The minimum Gasteiger partial charge on any atom is -0.309 e. The van der Waals surface area contributed by atoms with Crippen molar-refractivity contribution in [1.82, 2.24) is 5.32 Å². The Morgan fingerprint density at radius 1 is 1.20 bits per heavy atom. The second-order valence-electron chi connectivity index (χ2n) is 5.82. The third-order valence-electron chi connectivity index (χ3n) is 3.23. The van der Waals surface area contributed by atoms with Crippen LogP contribution in [-0.2, 0) is 5.41 Å². The minimum atomic E-state index is -0.378. The lowest BCUT2D eigenvalue weighted by Crippen LogP contribution is -2.17. The van der Waals surface area contributed by atoms with E-state index in [1.54, 1.807) is 17.4 Å². The smallest absolute Gasteiger partial charge is 0.142 e. The van der Waals surface area contributed by atoms with Crippen LogP contribution in [0.3, 0.4) is 0 Å². The maximum Gasteiger partial charge on any atom is 0.142 e. The Morgan fingerprint density at radius 3 is 2.45 bits per heavy atom. The highest BCUT2D eigenvalue weighted by molar-refractivity contribution is 7.12. The van der Waals surface area contributed by atoms with Crippen LogP contribution in [-0.4, -0.2) is 7.05 Å². The van der Waals surface area contributed by atoms with E-state index < -0.39 is 0 Å². The topological polar surface area (TPSA) is 12.0 Å². The third kappa shape index (κ3) is 3.05. The molecule has 0 aliphatic carbocycles. The number of halogens is 2. The molecule has 0 spiro atoms. The summed E-state index contributed by atoms with van der Waals surface area (Å²) in [6.45, 7) is 6.56. The molecule has 4 heteroatoms. The molecule has 0 bridgehead atoms. The Morgan fingerprint density at radius 2 is 1.90 bits per heavy atom. The lowest BCUT2D eigenvalue weighted by molar-refractivity contribution is 0.604. The summed E-state index contributed by atoms with van der Waals surface area (Å²) in [4.78, 5) is 2.45. The van der Waals surface area contributed by atoms with Gasteiger partial charge < -0.3 is 5.32 Å². The number of thiophene rings is 1. The van der Waals surface area contributed by atoms with Crippen molar-refractivity contribution in [3.8, 4) is 0 Å². The van der Waals surface area contributed by atoms with Crippen LogP contribution in [0.1, 0.15) is 42.1 Å². The molecule has 0 radical (unpaired) electrons. The molecule has 0 saturated carbocycles. The van der Waals surface area contributed by atoms with Crippen molar-refractivity contribution >= 4 is 22.9 Å². The Bertz CT molecular complexity index is 601. The summed E-state index contributed by atoms with van der Waals surface area (Å²) in [6.07, 6.45) is 0. The van der Waals surface area contributed by atoms with Crippen LogP contribution >= 0.6 is 22.9 Å². The lowest BCUT2D eigenvalue weighted by atomic mass is 9.95. The molecule has 2 aromatic rings. The summed E-state index contributed by atoms with van der Waals surface area (Å²) in [6, 6.07) is 9.08. The Labute approximate surface area is 128 Å². The third-order valence-corrected chi connectivity index (χ3v) is 5.21. The first-order valence-corrected chi connectivity index (χ1v) is 7.75. The number of hydrogen-bond donors (Lipinski definition) is 1. The van der Waals surface area contributed by atoms with E-state index in [1.165, 1.54) is 10.9 Å². The van der Waals surface area contributed by atoms with Gasteiger partial charge in [-0.1, -0.05) is 44.5 Å². The standard InChI is InChI=1S/C16H19ClFNS/c1-16(2,3)13-9-8-12(20-13)15(19-4)10-6-5-7-11(18)14(10)17/h5-9,15,19H,1-4H3. The van der Waals surface area contributed by atoms with Gasteiger partial charge in [0.2, 0.25) is 0 Å². The van der Waals surface area contributed by atoms with Crippen molar-refractivity contribution in [2.45, 2.75) is 32.2 Å². The highest BCUT2D eigenvalue weighted by atomic mass is 35.5. The summed E-state index contributed by atoms with van der Waals surface area (Å²) in [5, 5.41) is 3.42. The van der Waals surface area contributed by atoms with Crippen molar-refractivity contribution in [3.05, 3.63) is 56.5 Å². The van der Waals surface area contributed by atoms with Gasteiger partial charge in [0, 0.05) is 9.75 Å². The summed E-state index contributed by atoms with van der Waals surface area (Å²) in [5.74, 6) is -0.378. The number of benzene rings is 1. The van der Waals surface area contributed by atoms with Gasteiger partial charge in [-0.25, -0.2) is 4.39 Å². The fourth-order valence-electron chi connectivity index (χ4n) is 2.11. The zero-order chi connectivity index (χ0) is 14.9. The van der Waals surface area contributed by atoms with E-state index >= 15 is 0 Å². The molecule has 0 aliphatic rings. The maximum absolute atomic E-state index is 13.6. The molecule has 1 aromatic heterocycles. The van der Waals surface area contributed by atoms with Crippen LogP contribution in [0.4, 0.5) is 4.39 Å². The van der Waals surface area contributed by atoms with Gasteiger partial charge in [-0.15, -0.1) is 11.3 Å². The summed E-state index contributed by atoms with van der Waals surface area (Å²) < 4.78 is 13.6. The first kappa shape index (κ1) is 15.5. The van der Waals surface area contributed by atoms with Crippen LogP contribution in [0, 0.1) is 5.82 Å². The molecule has 1 aromatic carbocycles. The zero-order valence-corrected chi connectivity index (χ0v) is 13.7. The van der Waals surface area contributed by atoms with Crippen LogP contribution in [0.15, 0.2) is 30.3 Å². The minimum absolute atomic E-state index is 0.0840. The van der Waals surface area contributed by atoms with Crippen LogP contribution < -0.4 is 5.32 Å². The van der Waals surface area contributed by atoms with E-state index in [1.807, 2.05) is 13.1 Å². The van der Waals surface area contributed by atoms with Crippen LogP contribution in [0.25, 0.3) is 0 Å². The van der Waals surface area contributed by atoms with Gasteiger partial charge in [0.25, 0.3) is 0 Å². The van der Waals surface area contributed by atoms with Crippen molar-refractivity contribution in [1.29, 1.82) is 0 Å². The Kier molecular flexibility index (Phi) is 4.52. The molecule has 1 unspecified atom stereocenters. The maximum atomic E-state index is 13.6. The van der Waals surface area contributed by atoms with Crippen molar-refractivity contribution in [2.75, 3.05) is 7.05 Å². The molecule has 0 aliphatic heterocycles. The van der Waals surface area contributed by atoms with Crippen LogP contribution in [0.2, 0.25) is 5.02 Å². The molecule has 1 heterocycles. The lowest BCUT2D eigenvalue weighted by Gasteiger charge is -2.18. The monoisotopic (exact) mass is 311 g/mol. The Hall–Kier alpha value is -0.900. The summed E-state index contributed by atoms with van der Waals surface area (Å²) in [5.41, 5.74) is 0.893. The average molecular weight is 312 g/mol. The van der Waals surface area contributed by atoms with Crippen molar-refractivity contribution in [3.63, 3.8) is 0 Å².